The van der Waals surface area contributed by atoms with Gasteiger partial charge in [0.1, 0.15) is 17.5 Å². The molecule has 30 heavy (non-hydrogen) atoms. The van der Waals surface area contributed by atoms with E-state index in [0.717, 1.165) is 16.8 Å². The molecule has 0 radical (unpaired) electrons. The van der Waals surface area contributed by atoms with Crippen LogP contribution >= 0.6 is 0 Å². The molecule has 3 aromatic rings. The maximum atomic E-state index is 6.80. The fraction of sp³-hybridized carbons (Fsp3) is 0.185. The highest BCUT2D eigenvalue weighted by molar-refractivity contribution is 5.60. The fourth-order valence-corrected chi connectivity index (χ4v) is 4.72. The monoisotopic (exact) mass is 395 g/mol. The summed E-state index contributed by atoms with van der Waals surface area (Å²) < 4.78 is 12.7. The lowest BCUT2D eigenvalue weighted by molar-refractivity contribution is -0.0256. The molecular formula is C27H25NO2. The molecule has 2 heterocycles. The van der Waals surface area contributed by atoms with Crippen LogP contribution < -0.4 is 5.32 Å². The van der Waals surface area contributed by atoms with Crippen LogP contribution in [0, 0.1) is 0 Å². The molecule has 3 aromatic carbocycles. The van der Waals surface area contributed by atoms with Gasteiger partial charge in [-0.2, -0.15) is 0 Å². The van der Waals surface area contributed by atoms with Crippen molar-refractivity contribution in [1.82, 2.24) is 0 Å². The molecule has 0 spiro atoms. The second-order valence-electron chi connectivity index (χ2n) is 7.65. The zero-order valence-corrected chi connectivity index (χ0v) is 17.0. The largest absolute Gasteiger partial charge is 0.494 e. The Balaban J connectivity index is 1.70. The van der Waals surface area contributed by atoms with Gasteiger partial charge in [-0.05, 0) is 41.8 Å². The van der Waals surface area contributed by atoms with Crippen LogP contribution in [0.1, 0.15) is 35.8 Å². The Morgan fingerprint density at radius 2 is 1.67 bits per heavy atom. The van der Waals surface area contributed by atoms with E-state index in [4.69, 9.17) is 9.47 Å². The summed E-state index contributed by atoms with van der Waals surface area (Å²) in [6, 6.07) is 29.1. The average molecular weight is 396 g/mol. The molecule has 150 valence electrons. The SMILES string of the molecule is C=C(OCC)C1=CC2OC1(C(Nc1ccccc1)c1ccccc1)c1ccccc12. The van der Waals surface area contributed by atoms with Gasteiger partial charge in [0.25, 0.3) is 0 Å². The van der Waals surface area contributed by atoms with Gasteiger partial charge in [-0.25, -0.2) is 0 Å². The minimum Gasteiger partial charge on any atom is -0.494 e. The Hall–Kier alpha value is -3.30. The fourth-order valence-electron chi connectivity index (χ4n) is 4.72. The van der Waals surface area contributed by atoms with Crippen molar-refractivity contribution >= 4 is 5.69 Å². The summed E-state index contributed by atoms with van der Waals surface area (Å²) in [5.41, 5.74) is 4.86. The lowest BCUT2D eigenvalue weighted by Gasteiger charge is -2.39. The number of para-hydroxylation sites is 1. The smallest absolute Gasteiger partial charge is 0.147 e. The molecule has 0 amide bonds. The van der Waals surface area contributed by atoms with Crippen LogP contribution in [0.4, 0.5) is 5.69 Å². The van der Waals surface area contributed by atoms with Gasteiger partial charge in [0.05, 0.1) is 12.6 Å². The molecule has 0 saturated heterocycles. The number of anilines is 1. The molecule has 2 aliphatic rings. The molecule has 2 aliphatic heterocycles. The summed E-state index contributed by atoms with van der Waals surface area (Å²) in [7, 11) is 0. The van der Waals surface area contributed by atoms with Crippen molar-refractivity contribution in [2.45, 2.75) is 24.7 Å². The van der Waals surface area contributed by atoms with Crippen LogP contribution in [0.15, 0.2) is 109 Å². The van der Waals surface area contributed by atoms with Gasteiger partial charge < -0.3 is 14.8 Å². The van der Waals surface area contributed by atoms with Crippen molar-refractivity contribution in [2.24, 2.45) is 0 Å². The van der Waals surface area contributed by atoms with E-state index < -0.39 is 5.60 Å². The van der Waals surface area contributed by atoms with Crippen molar-refractivity contribution in [1.29, 1.82) is 0 Å². The number of nitrogens with one attached hydrogen (secondary N) is 1. The van der Waals surface area contributed by atoms with Crippen molar-refractivity contribution < 1.29 is 9.47 Å². The van der Waals surface area contributed by atoms with Crippen LogP contribution in [0.3, 0.4) is 0 Å². The second kappa shape index (κ2) is 7.51. The van der Waals surface area contributed by atoms with E-state index in [1.165, 1.54) is 11.1 Å². The Bertz CT molecular complexity index is 1090. The summed E-state index contributed by atoms with van der Waals surface area (Å²) >= 11 is 0. The Kier molecular flexibility index (Phi) is 4.68. The molecule has 3 nitrogen and oxygen atoms in total. The van der Waals surface area contributed by atoms with E-state index in [-0.39, 0.29) is 12.1 Å². The molecular weight excluding hydrogens is 370 g/mol. The quantitative estimate of drug-likeness (QED) is 0.476. The topological polar surface area (TPSA) is 30.5 Å². The van der Waals surface area contributed by atoms with E-state index in [9.17, 15) is 0 Å². The highest BCUT2D eigenvalue weighted by Crippen LogP contribution is 2.61. The molecule has 1 N–H and O–H groups in total. The first kappa shape index (κ1) is 18.7. The van der Waals surface area contributed by atoms with Crippen LogP contribution in [0.2, 0.25) is 0 Å². The molecule has 5 rings (SSSR count). The molecule has 0 saturated carbocycles. The summed E-state index contributed by atoms with van der Waals surface area (Å²) in [5.74, 6) is 0.672. The van der Waals surface area contributed by atoms with Crippen LogP contribution in [-0.2, 0) is 15.1 Å². The molecule has 3 unspecified atom stereocenters. The van der Waals surface area contributed by atoms with Crippen molar-refractivity contribution in [3.63, 3.8) is 0 Å². The van der Waals surface area contributed by atoms with Gasteiger partial charge in [0.15, 0.2) is 0 Å². The predicted octanol–water partition coefficient (Wildman–Crippen LogP) is 6.30. The van der Waals surface area contributed by atoms with E-state index >= 15 is 0 Å². The summed E-state index contributed by atoms with van der Waals surface area (Å²) in [5, 5.41) is 3.76. The van der Waals surface area contributed by atoms with Gasteiger partial charge >= 0.3 is 0 Å². The third kappa shape index (κ3) is 2.86. The predicted molar refractivity (Wildman–Crippen MR) is 120 cm³/mol. The highest BCUT2D eigenvalue weighted by Gasteiger charge is 2.58. The second-order valence-corrected chi connectivity index (χ2v) is 7.65. The third-order valence-corrected chi connectivity index (χ3v) is 5.94. The Morgan fingerprint density at radius 3 is 2.40 bits per heavy atom. The number of rotatable bonds is 7. The first-order valence-electron chi connectivity index (χ1n) is 10.4. The van der Waals surface area contributed by atoms with E-state index in [1.807, 2.05) is 31.2 Å². The van der Waals surface area contributed by atoms with Crippen LogP contribution in [0.5, 0.6) is 0 Å². The Labute approximate surface area is 177 Å². The number of fused-ring (bicyclic) bond motifs is 5. The maximum absolute atomic E-state index is 6.80. The molecule has 0 fully saturated rings. The van der Waals surface area contributed by atoms with E-state index in [1.54, 1.807) is 0 Å². The molecule has 0 aromatic heterocycles. The molecule has 0 aliphatic carbocycles. The van der Waals surface area contributed by atoms with Crippen molar-refractivity contribution in [2.75, 3.05) is 11.9 Å². The molecule has 3 heteroatoms. The standard InChI is InChI=1S/C27H25NO2/c1-3-29-19(2)24-18-25-22-16-10-11-17-23(22)27(24,30-25)26(20-12-6-4-7-13-20)28-21-14-8-5-9-15-21/h4-18,25-26,28H,2-3H2,1H3. The Morgan fingerprint density at radius 1 is 1.00 bits per heavy atom. The van der Waals surface area contributed by atoms with Gasteiger partial charge in [-0.3, -0.25) is 0 Å². The van der Waals surface area contributed by atoms with Gasteiger partial charge in [-0.15, -0.1) is 0 Å². The van der Waals surface area contributed by atoms with Crippen molar-refractivity contribution in [3.05, 3.63) is 126 Å². The number of hydrogen-bond acceptors (Lipinski definition) is 3. The minimum absolute atomic E-state index is 0.0998. The van der Waals surface area contributed by atoms with Crippen molar-refractivity contribution in [3.8, 4) is 0 Å². The van der Waals surface area contributed by atoms with Gasteiger partial charge in [-0.1, -0.05) is 79.4 Å². The first-order valence-corrected chi connectivity index (χ1v) is 10.4. The maximum Gasteiger partial charge on any atom is 0.147 e. The van der Waals surface area contributed by atoms with Gasteiger partial charge in [0.2, 0.25) is 0 Å². The number of benzene rings is 3. The number of hydrogen-bond donors (Lipinski definition) is 1. The summed E-state index contributed by atoms with van der Waals surface area (Å²) in [6.45, 7) is 6.80. The van der Waals surface area contributed by atoms with E-state index in [2.05, 4.69) is 78.6 Å². The summed E-state index contributed by atoms with van der Waals surface area (Å²) in [4.78, 5) is 0. The zero-order valence-electron chi connectivity index (χ0n) is 17.0. The normalized spacial score (nSPS) is 22.2. The zero-order chi connectivity index (χ0) is 20.6. The first-order chi connectivity index (χ1) is 14.7. The molecule has 2 bridgehead atoms. The lowest BCUT2D eigenvalue weighted by atomic mass is 9.73. The minimum atomic E-state index is -0.718. The van der Waals surface area contributed by atoms with Crippen LogP contribution in [0.25, 0.3) is 0 Å². The van der Waals surface area contributed by atoms with Gasteiger partial charge in [0, 0.05) is 11.3 Å². The third-order valence-electron chi connectivity index (χ3n) is 5.94. The van der Waals surface area contributed by atoms with E-state index in [0.29, 0.717) is 12.4 Å². The molecule has 3 atom stereocenters. The average Bonchev–Trinajstić information content (AvgIpc) is 3.35. The highest BCUT2D eigenvalue weighted by atomic mass is 16.5. The number of ether oxygens (including phenoxy) is 2. The van der Waals surface area contributed by atoms with Crippen LogP contribution in [-0.4, -0.2) is 6.61 Å². The summed E-state index contributed by atoms with van der Waals surface area (Å²) in [6.07, 6.45) is 2.07. The lowest BCUT2D eigenvalue weighted by Crippen LogP contribution is -2.39.